The summed E-state index contributed by atoms with van der Waals surface area (Å²) in [6.45, 7) is 0. The van der Waals surface area contributed by atoms with E-state index in [1.165, 1.54) is 24.8 Å². The van der Waals surface area contributed by atoms with E-state index < -0.39 is 6.10 Å². The summed E-state index contributed by atoms with van der Waals surface area (Å²) in [6.07, 6.45) is 8.28. The molecule has 0 aliphatic rings. The molecular formula is C9H8N4O. The van der Waals surface area contributed by atoms with E-state index in [0.29, 0.717) is 11.4 Å². The van der Waals surface area contributed by atoms with Gasteiger partial charge in [-0.2, -0.15) is 0 Å². The lowest BCUT2D eigenvalue weighted by atomic mass is 10.2. The fraction of sp³-hybridized carbons (Fsp3) is 0.111. The second-order valence-corrected chi connectivity index (χ2v) is 2.66. The third-order valence-corrected chi connectivity index (χ3v) is 1.73. The van der Waals surface area contributed by atoms with Crippen LogP contribution < -0.4 is 0 Å². The summed E-state index contributed by atoms with van der Waals surface area (Å²) in [5, 5.41) is 9.79. The lowest BCUT2D eigenvalue weighted by molar-refractivity contribution is 0.209. The zero-order chi connectivity index (χ0) is 9.80. The Morgan fingerprint density at radius 2 is 1.36 bits per heavy atom. The van der Waals surface area contributed by atoms with Gasteiger partial charge in [0.1, 0.15) is 6.10 Å². The van der Waals surface area contributed by atoms with Gasteiger partial charge < -0.3 is 5.11 Å². The smallest absolute Gasteiger partial charge is 0.141 e. The van der Waals surface area contributed by atoms with Gasteiger partial charge in [0.25, 0.3) is 0 Å². The number of aromatic nitrogens is 4. The number of hydrogen-bond acceptors (Lipinski definition) is 5. The summed E-state index contributed by atoms with van der Waals surface area (Å²) >= 11 is 0. The molecule has 0 saturated heterocycles. The van der Waals surface area contributed by atoms with Crippen LogP contribution in [0.2, 0.25) is 0 Å². The van der Waals surface area contributed by atoms with Gasteiger partial charge in [0.05, 0.1) is 23.8 Å². The van der Waals surface area contributed by atoms with E-state index in [2.05, 4.69) is 19.9 Å². The molecule has 0 aromatic carbocycles. The Morgan fingerprint density at radius 1 is 0.857 bits per heavy atom. The topological polar surface area (TPSA) is 71.8 Å². The van der Waals surface area contributed by atoms with Gasteiger partial charge in [-0.15, -0.1) is 0 Å². The minimum absolute atomic E-state index is 0.466. The van der Waals surface area contributed by atoms with Crippen LogP contribution in [0.4, 0.5) is 0 Å². The van der Waals surface area contributed by atoms with E-state index in [1.54, 1.807) is 12.4 Å². The molecule has 1 N–H and O–H groups in total. The summed E-state index contributed by atoms with van der Waals surface area (Å²) in [6, 6.07) is 0. The van der Waals surface area contributed by atoms with Crippen LogP contribution in [0.25, 0.3) is 0 Å². The molecule has 0 amide bonds. The molecule has 0 unspecified atom stereocenters. The average molecular weight is 188 g/mol. The molecular weight excluding hydrogens is 180 g/mol. The van der Waals surface area contributed by atoms with Gasteiger partial charge in [-0.1, -0.05) is 0 Å². The van der Waals surface area contributed by atoms with Crippen molar-refractivity contribution >= 4 is 0 Å². The monoisotopic (exact) mass is 188 g/mol. The summed E-state index contributed by atoms with van der Waals surface area (Å²) in [4.78, 5) is 15.7. The molecule has 2 aromatic rings. The molecule has 0 aliphatic carbocycles. The van der Waals surface area contributed by atoms with Crippen LogP contribution >= 0.6 is 0 Å². The molecule has 0 aliphatic heterocycles. The third-order valence-electron chi connectivity index (χ3n) is 1.73. The predicted molar refractivity (Wildman–Crippen MR) is 48.1 cm³/mol. The predicted octanol–water partition coefficient (Wildman–Crippen LogP) is 0.348. The van der Waals surface area contributed by atoms with E-state index in [-0.39, 0.29) is 0 Å². The Kier molecular flexibility index (Phi) is 2.42. The molecule has 0 atom stereocenters. The van der Waals surface area contributed by atoms with Crippen molar-refractivity contribution in [1.29, 1.82) is 0 Å². The van der Waals surface area contributed by atoms with Crippen LogP contribution in [0.15, 0.2) is 37.2 Å². The molecule has 0 radical (unpaired) electrons. The fourth-order valence-corrected chi connectivity index (χ4v) is 1.06. The first-order valence-electron chi connectivity index (χ1n) is 4.08. The third kappa shape index (κ3) is 1.72. The minimum atomic E-state index is -0.864. The van der Waals surface area contributed by atoms with Gasteiger partial charge in [-0.3, -0.25) is 19.9 Å². The zero-order valence-corrected chi connectivity index (χ0v) is 7.28. The summed E-state index contributed by atoms with van der Waals surface area (Å²) < 4.78 is 0. The SMILES string of the molecule is OC(c1cnccn1)c1cnccn1. The normalized spacial score (nSPS) is 10.4. The molecule has 0 spiro atoms. The van der Waals surface area contributed by atoms with Crippen molar-refractivity contribution in [3.05, 3.63) is 48.6 Å². The van der Waals surface area contributed by atoms with E-state index in [0.717, 1.165) is 0 Å². The first-order chi connectivity index (χ1) is 6.88. The van der Waals surface area contributed by atoms with E-state index in [1.807, 2.05) is 0 Å². The van der Waals surface area contributed by atoms with Gasteiger partial charge in [0.15, 0.2) is 0 Å². The van der Waals surface area contributed by atoms with Crippen LogP contribution in [0, 0.1) is 0 Å². The molecule has 5 nitrogen and oxygen atoms in total. The number of hydrogen-bond donors (Lipinski definition) is 1. The highest BCUT2D eigenvalue weighted by Gasteiger charge is 2.12. The first-order valence-corrected chi connectivity index (χ1v) is 4.08. The van der Waals surface area contributed by atoms with E-state index >= 15 is 0 Å². The Morgan fingerprint density at radius 3 is 1.71 bits per heavy atom. The molecule has 0 fully saturated rings. The molecule has 2 rings (SSSR count). The number of rotatable bonds is 2. The highest BCUT2D eigenvalue weighted by atomic mass is 16.3. The van der Waals surface area contributed by atoms with Crippen molar-refractivity contribution in [3.8, 4) is 0 Å². The summed E-state index contributed by atoms with van der Waals surface area (Å²) in [7, 11) is 0. The maximum absolute atomic E-state index is 9.79. The van der Waals surface area contributed by atoms with E-state index in [9.17, 15) is 5.11 Å². The van der Waals surface area contributed by atoms with Crippen molar-refractivity contribution in [2.24, 2.45) is 0 Å². The first kappa shape index (κ1) is 8.71. The lowest BCUT2D eigenvalue weighted by Gasteiger charge is -2.06. The van der Waals surface area contributed by atoms with Crippen LogP contribution in [-0.4, -0.2) is 25.0 Å². The average Bonchev–Trinajstić information content (AvgIpc) is 2.30. The van der Waals surface area contributed by atoms with Crippen molar-refractivity contribution < 1.29 is 5.11 Å². The number of aliphatic hydroxyl groups is 1. The maximum Gasteiger partial charge on any atom is 0.141 e. The molecule has 0 saturated carbocycles. The molecule has 0 bridgehead atoms. The Bertz CT molecular complexity index is 353. The number of nitrogens with zero attached hydrogens (tertiary/aromatic N) is 4. The van der Waals surface area contributed by atoms with Crippen LogP contribution in [0.3, 0.4) is 0 Å². The molecule has 2 aromatic heterocycles. The van der Waals surface area contributed by atoms with Gasteiger partial charge in [-0.05, 0) is 0 Å². The standard InChI is InChI=1S/C9H8N4O/c14-9(7-5-10-1-3-12-7)8-6-11-2-4-13-8/h1-6,9,14H. The quantitative estimate of drug-likeness (QED) is 0.736. The van der Waals surface area contributed by atoms with Crippen molar-refractivity contribution in [1.82, 2.24) is 19.9 Å². The molecule has 70 valence electrons. The Labute approximate surface area is 80.5 Å². The second-order valence-electron chi connectivity index (χ2n) is 2.66. The highest BCUT2D eigenvalue weighted by molar-refractivity contribution is 5.13. The molecule has 5 heteroatoms. The lowest BCUT2D eigenvalue weighted by Crippen LogP contribution is -2.04. The van der Waals surface area contributed by atoms with Gasteiger partial charge in [0.2, 0.25) is 0 Å². The van der Waals surface area contributed by atoms with Gasteiger partial charge in [0, 0.05) is 24.8 Å². The van der Waals surface area contributed by atoms with Gasteiger partial charge >= 0.3 is 0 Å². The van der Waals surface area contributed by atoms with Crippen LogP contribution in [0.5, 0.6) is 0 Å². The highest BCUT2D eigenvalue weighted by Crippen LogP contribution is 2.14. The van der Waals surface area contributed by atoms with Gasteiger partial charge in [-0.25, -0.2) is 0 Å². The molecule has 2 heterocycles. The zero-order valence-electron chi connectivity index (χ0n) is 7.28. The van der Waals surface area contributed by atoms with Crippen LogP contribution in [0.1, 0.15) is 17.5 Å². The molecule has 14 heavy (non-hydrogen) atoms. The van der Waals surface area contributed by atoms with Crippen molar-refractivity contribution in [2.75, 3.05) is 0 Å². The summed E-state index contributed by atoms with van der Waals surface area (Å²) in [5.41, 5.74) is 0.931. The summed E-state index contributed by atoms with van der Waals surface area (Å²) in [5.74, 6) is 0. The Hall–Kier alpha value is -1.88. The van der Waals surface area contributed by atoms with Crippen molar-refractivity contribution in [2.45, 2.75) is 6.10 Å². The largest absolute Gasteiger partial charge is 0.380 e. The van der Waals surface area contributed by atoms with Crippen molar-refractivity contribution in [3.63, 3.8) is 0 Å². The second kappa shape index (κ2) is 3.89. The minimum Gasteiger partial charge on any atom is -0.380 e. The maximum atomic E-state index is 9.79. The Balaban J connectivity index is 2.30. The van der Waals surface area contributed by atoms with E-state index in [4.69, 9.17) is 0 Å². The fourth-order valence-electron chi connectivity index (χ4n) is 1.06. The van der Waals surface area contributed by atoms with Crippen LogP contribution in [-0.2, 0) is 0 Å². The number of aliphatic hydroxyl groups excluding tert-OH is 1.